The molecule has 0 fully saturated rings. The van der Waals surface area contributed by atoms with E-state index in [9.17, 15) is 9.59 Å². The van der Waals surface area contributed by atoms with E-state index in [2.05, 4.69) is 4.99 Å². The van der Waals surface area contributed by atoms with Crippen LogP contribution in [0.15, 0.2) is 53.0 Å². The van der Waals surface area contributed by atoms with Crippen LogP contribution < -0.4 is 5.73 Å². The Morgan fingerprint density at radius 2 is 1.91 bits per heavy atom. The van der Waals surface area contributed by atoms with Gasteiger partial charge < -0.3 is 20.5 Å². The van der Waals surface area contributed by atoms with Gasteiger partial charge in [0.25, 0.3) is 0 Å². The first-order chi connectivity index (χ1) is 15.5. The monoisotopic (exact) mass is 433 g/mol. The highest BCUT2D eigenvalue weighted by Gasteiger charge is 2.21. The number of aryl methyl sites for hydroxylation is 1. The predicted octanol–water partition coefficient (Wildman–Crippen LogP) is 3.88. The van der Waals surface area contributed by atoms with E-state index in [1.165, 1.54) is 0 Å². The summed E-state index contributed by atoms with van der Waals surface area (Å²) in [5.41, 5.74) is 11.6. The van der Waals surface area contributed by atoms with E-state index in [-0.39, 0.29) is 12.5 Å². The number of aliphatic hydroxyl groups is 1. The van der Waals surface area contributed by atoms with Crippen LogP contribution in [-0.4, -0.2) is 47.7 Å². The minimum atomic E-state index is -0.0544. The number of fused-ring (bicyclic) bond motifs is 1. The van der Waals surface area contributed by atoms with Crippen molar-refractivity contribution in [3.8, 4) is 11.1 Å². The lowest BCUT2D eigenvalue weighted by molar-refractivity contribution is -0.127. The SMILES string of the molecule is CCCN(CCCO)C(=O)C1=Cc2ccc(-c3ccc(CCC=O)cc3)cc2N=C(N)C1. The minimum Gasteiger partial charge on any atom is -0.396 e. The van der Waals surface area contributed by atoms with Crippen molar-refractivity contribution >= 4 is 29.8 Å². The number of carbonyl (C=O) groups excluding carboxylic acids is 2. The van der Waals surface area contributed by atoms with Gasteiger partial charge in [-0.25, -0.2) is 4.99 Å². The Bertz CT molecular complexity index is 1010. The molecule has 6 heteroatoms. The standard InChI is InChI=1S/C26H31N3O3/c1-2-12-29(13-4-15-31)26(32)23-16-22-11-10-21(17-24(22)28-25(27)18-23)20-8-6-19(7-9-20)5-3-14-30/h6-11,14,16-17,31H,2-5,12-13,15,18H2,1H3,(H2,27,28). The third-order valence-electron chi connectivity index (χ3n) is 5.48. The summed E-state index contributed by atoms with van der Waals surface area (Å²) in [5, 5.41) is 9.16. The van der Waals surface area contributed by atoms with Gasteiger partial charge >= 0.3 is 0 Å². The molecular formula is C26H31N3O3. The van der Waals surface area contributed by atoms with Crippen molar-refractivity contribution < 1.29 is 14.7 Å². The summed E-state index contributed by atoms with van der Waals surface area (Å²) in [6.45, 7) is 3.25. The zero-order chi connectivity index (χ0) is 22.9. The molecule has 0 atom stereocenters. The second-order valence-electron chi connectivity index (χ2n) is 7.99. The van der Waals surface area contributed by atoms with Crippen molar-refractivity contribution in [1.29, 1.82) is 0 Å². The highest BCUT2D eigenvalue weighted by atomic mass is 16.3. The van der Waals surface area contributed by atoms with Crippen molar-refractivity contribution in [2.75, 3.05) is 19.7 Å². The molecule has 1 aliphatic heterocycles. The molecule has 0 radical (unpaired) electrons. The number of rotatable bonds is 10. The second kappa shape index (κ2) is 11.4. The van der Waals surface area contributed by atoms with Gasteiger partial charge in [-0.1, -0.05) is 43.3 Å². The summed E-state index contributed by atoms with van der Waals surface area (Å²) in [5.74, 6) is 0.351. The van der Waals surface area contributed by atoms with Crippen LogP contribution in [0.1, 0.15) is 43.7 Å². The number of hydrogen-bond donors (Lipinski definition) is 2. The molecule has 168 valence electrons. The fraction of sp³-hybridized carbons (Fsp3) is 0.346. The number of carbonyl (C=O) groups is 2. The fourth-order valence-electron chi connectivity index (χ4n) is 3.85. The van der Waals surface area contributed by atoms with Gasteiger partial charge in [-0.05, 0) is 48.1 Å². The quantitative estimate of drug-likeness (QED) is 0.556. The fourth-order valence-corrected chi connectivity index (χ4v) is 3.85. The Morgan fingerprint density at radius 3 is 2.59 bits per heavy atom. The third kappa shape index (κ3) is 5.92. The van der Waals surface area contributed by atoms with Gasteiger partial charge in [0.1, 0.15) is 12.1 Å². The van der Waals surface area contributed by atoms with E-state index in [0.29, 0.717) is 43.8 Å². The number of nitrogens with zero attached hydrogens (tertiary/aromatic N) is 2. The molecule has 6 nitrogen and oxygen atoms in total. The molecule has 32 heavy (non-hydrogen) atoms. The molecule has 0 bridgehead atoms. The molecular weight excluding hydrogens is 402 g/mol. The number of amidine groups is 1. The van der Waals surface area contributed by atoms with Gasteiger partial charge in [0.05, 0.1) is 5.69 Å². The first-order valence-corrected chi connectivity index (χ1v) is 11.2. The second-order valence-corrected chi connectivity index (χ2v) is 7.99. The molecule has 0 saturated carbocycles. The summed E-state index contributed by atoms with van der Waals surface area (Å²) in [4.78, 5) is 30.1. The van der Waals surface area contributed by atoms with Crippen molar-refractivity contribution in [2.45, 2.75) is 39.0 Å². The van der Waals surface area contributed by atoms with E-state index < -0.39 is 0 Å². The van der Waals surface area contributed by atoms with Gasteiger partial charge in [0.2, 0.25) is 5.91 Å². The molecule has 0 saturated heterocycles. The molecule has 1 aliphatic rings. The van der Waals surface area contributed by atoms with E-state index in [4.69, 9.17) is 10.8 Å². The number of aldehydes is 1. The molecule has 3 rings (SSSR count). The van der Waals surface area contributed by atoms with Crippen molar-refractivity contribution in [2.24, 2.45) is 10.7 Å². The number of hydrogen-bond acceptors (Lipinski definition) is 5. The lowest BCUT2D eigenvalue weighted by Crippen LogP contribution is -2.35. The van der Waals surface area contributed by atoms with E-state index in [1.54, 1.807) is 4.90 Å². The Kier molecular flexibility index (Phi) is 8.34. The lowest BCUT2D eigenvalue weighted by Gasteiger charge is -2.23. The number of nitrogens with two attached hydrogens (primary N) is 1. The van der Waals surface area contributed by atoms with Crippen LogP contribution >= 0.6 is 0 Å². The zero-order valence-electron chi connectivity index (χ0n) is 18.6. The first-order valence-electron chi connectivity index (χ1n) is 11.2. The normalized spacial score (nSPS) is 12.9. The summed E-state index contributed by atoms with van der Waals surface area (Å²) in [7, 11) is 0. The largest absolute Gasteiger partial charge is 0.396 e. The summed E-state index contributed by atoms with van der Waals surface area (Å²) in [6, 6.07) is 14.1. The molecule has 0 aromatic heterocycles. The highest BCUT2D eigenvalue weighted by molar-refractivity contribution is 6.05. The lowest BCUT2D eigenvalue weighted by atomic mass is 9.99. The van der Waals surface area contributed by atoms with Gasteiger partial charge in [-0.3, -0.25) is 4.79 Å². The van der Waals surface area contributed by atoms with E-state index in [0.717, 1.165) is 47.1 Å². The highest BCUT2D eigenvalue weighted by Crippen LogP contribution is 2.32. The van der Waals surface area contributed by atoms with Gasteiger partial charge in [-0.2, -0.15) is 0 Å². The maximum absolute atomic E-state index is 13.1. The van der Waals surface area contributed by atoms with E-state index >= 15 is 0 Å². The van der Waals surface area contributed by atoms with Crippen LogP contribution in [0.25, 0.3) is 17.2 Å². The average Bonchev–Trinajstić information content (AvgIpc) is 2.97. The number of amides is 1. The van der Waals surface area contributed by atoms with Crippen molar-refractivity contribution in [3.05, 3.63) is 59.2 Å². The summed E-state index contributed by atoms with van der Waals surface area (Å²) in [6.07, 6.45) is 5.78. The summed E-state index contributed by atoms with van der Waals surface area (Å²) < 4.78 is 0. The molecule has 2 aromatic carbocycles. The topological polar surface area (TPSA) is 96.0 Å². The van der Waals surface area contributed by atoms with Crippen LogP contribution in [0, 0.1) is 0 Å². The molecule has 1 amide bonds. The smallest absolute Gasteiger partial charge is 0.250 e. The molecule has 0 spiro atoms. The Hall–Kier alpha value is -3.25. The minimum absolute atomic E-state index is 0.0544. The third-order valence-corrected chi connectivity index (χ3v) is 5.48. The summed E-state index contributed by atoms with van der Waals surface area (Å²) >= 11 is 0. The molecule has 2 aromatic rings. The molecule has 0 unspecified atom stereocenters. The zero-order valence-corrected chi connectivity index (χ0v) is 18.6. The first kappa shape index (κ1) is 23.4. The van der Waals surface area contributed by atoms with Crippen LogP contribution in [-0.2, 0) is 16.0 Å². The number of benzene rings is 2. The predicted molar refractivity (Wildman–Crippen MR) is 129 cm³/mol. The Morgan fingerprint density at radius 1 is 1.16 bits per heavy atom. The van der Waals surface area contributed by atoms with Crippen LogP contribution in [0.3, 0.4) is 0 Å². The van der Waals surface area contributed by atoms with Gasteiger partial charge in [0.15, 0.2) is 0 Å². The molecule has 0 aliphatic carbocycles. The number of aliphatic imine (C=N–C) groups is 1. The maximum Gasteiger partial charge on any atom is 0.250 e. The van der Waals surface area contributed by atoms with E-state index in [1.807, 2.05) is 55.5 Å². The number of aliphatic hydroxyl groups excluding tert-OH is 1. The Balaban J connectivity index is 1.87. The molecule has 3 N–H and O–H groups in total. The van der Waals surface area contributed by atoms with Crippen LogP contribution in [0.2, 0.25) is 0 Å². The average molecular weight is 434 g/mol. The van der Waals surface area contributed by atoms with Gasteiger partial charge in [0, 0.05) is 43.7 Å². The van der Waals surface area contributed by atoms with Gasteiger partial charge in [-0.15, -0.1) is 0 Å². The van der Waals surface area contributed by atoms with Crippen LogP contribution in [0.5, 0.6) is 0 Å². The maximum atomic E-state index is 13.1. The van der Waals surface area contributed by atoms with Crippen LogP contribution in [0.4, 0.5) is 5.69 Å². The van der Waals surface area contributed by atoms with Crippen molar-refractivity contribution in [1.82, 2.24) is 4.90 Å². The van der Waals surface area contributed by atoms with Crippen molar-refractivity contribution in [3.63, 3.8) is 0 Å². The molecule has 1 heterocycles. The Labute approximate surface area is 189 Å².